The first-order chi connectivity index (χ1) is 16.7. The van der Waals surface area contributed by atoms with Gasteiger partial charge < -0.3 is 9.64 Å². The highest BCUT2D eigenvalue weighted by Gasteiger charge is 2.26. The molecule has 176 valence electrons. The van der Waals surface area contributed by atoms with Gasteiger partial charge in [-0.25, -0.2) is 0 Å². The molecule has 5 rings (SSSR count). The van der Waals surface area contributed by atoms with Crippen LogP contribution in [0.3, 0.4) is 0 Å². The Hall–Kier alpha value is -3.31. The highest BCUT2D eigenvalue weighted by Crippen LogP contribution is 2.36. The Morgan fingerprint density at radius 2 is 1.32 bits per heavy atom. The van der Waals surface area contributed by atoms with Crippen LogP contribution in [0.2, 0.25) is 0 Å². The normalized spacial score (nSPS) is 15.9. The van der Waals surface area contributed by atoms with Crippen LogP contribution in [0.15, 0.2) is 72.8 Å². The number of carbonyl (C=O) groups excluding carboxylic acids is 1. The van der Waals surface area contributed by atoms with Gasteiger partial charge >= 0.3 is 0 Å². The number of amides is 1. The van der Waals surface area contributed by atoms with E-state index in [1.54, 1.807) is 7.11 Å². The third-order valence-corrected chi connectivity index (χ3v) is 7.04. The first-order valence-electron chi connectivity index (χ1n) is 12.3. The number of fused-ring (bicyclic) bond motifs is 2. The van der Waals surface area contributed by atoms with E-state index in [0.29, 0.717) is 6.42 Å². The van der Waals surface area contributed by atoms with Gasteiger partial charge in [0.15, 0.2) is 0 Å². The number of aryl methyl sites for hydroxylation is 2. The van der Waals surface area contributed by atoms with E-state index >= 15 is 0 Å². The molecule has 1 fully saturated rings. The molecule has 5 nitrogen and oxygen atoms in total. The van der Waals surface area contributed by atoms with Crippen LogP contribution in [0.4, 0.5) is 17.1 Å². The Bertz CT molecular complexity index is 1090. The Morgan fingerprint density at radius 3 is 1.94 bits per heavy atom. The van der Waals surface area contributed by atoms with E-state index in [1.807, 2.05) is 29.2 Å². The largest absolute Gasteiger partial charge is 0.495 e. The van der Waals surface area contributed by atoms with E-state index in [4.69, 9.17) is 4.74 Å². The summed E-state index contributed by atoms with van der Waals surface area (Å²) in [6, 6.07) is 24.9. The molecule has 2 aliphatic heterocycles. The minimum Gasteiger partial charge on any atom is -0.495 e. The minimum absolute atomic E-state index is 0.189. The SMILES string of the molecule is COc1ccccc1N1CCN(CCCC(=O)N2c3ccccc3CCc3ccccc32)CC1. The van der Waals surface area contributed by atoms with Crippen molar-refractivity contribution in [1.29, 1.82) is 0 Å². The summed E-state index contributed by atoms with van der Waals surface area (Å²) in [6.45, 7) is 4.90. The number of carbonyl (C=O) groups is 1. The Morgan fingerprint density at radius 1 is 0.765 bits per heavy atom. The molecule has 3 aromatic rings. The zero-order valence-corrected chi connectivity index (χ0v) is 20.0. The molecule has 0 saturated carbocycles. The van der Waals surface area contributed by atoms with Crippen LogP contribution in [0.25, 0.3) is 0 Å². The van der Waals surface area contributed by atoms with Crippen LogP contribution in [-0.2, 0) is 17.6 Å². The van der Waals surface area contributed by atoms with Crippen LogP contribution >= 0.6 is 0 Å². The molecule has 0 spiro atoms. The number of ether oxygens (including phenoxy) is 1. The van der Waals surface area contributed by atoms with Crippen molar-refractivity contribution in [1.82, 2.24) is 4.90 Å². The van der Waals surface area contributed by atoms with Crippen molar-refractivity contribution in [3.8, 4) is 5.75 Å². The molecular weight excluding hydrogens is 422 g/mol. The van der Waals surface area contributed by atoms with Gasteiger partial charge in [-0.3, -0.25) is 14.6 Å². The molecule has 1 amide bonds. The summed E-state index contributed by atoms with van der Waals surface area (Å²) in [7, 11) is 1.73. The topological polar surface area (TPSA) is 36.0 Å². The third kappa shape index (κ3) is 4.66. The lowest BCUT2D eigenvalue weighted by molar-refractivity contribution is -0.118. The lowest BCUT2D eigenvalue weighted by Gasteiger charge is -2.36. The van der Waals surface area contributed by atoms with Crippen molar-refractivity contribution in [2.45, 2.75) is 25.7 Å². The molecule has 2 aliphatic rings. The summed E-state index contributed by atoms with van der Waals surface area (Å²) in [5.74, 6) is 1.12. The zero-order valence-electron chi connectivity index (χ0n) is 20.0. The van der Waals surface area contributed by atoms with Crippen molar-refractivity contribution in [2.24, 2.45) is 0 Å². The molecule has 0 atom stereocenters. The van der Waals surface area contributed by atoms with Gasteiger partial charge in [0.25, 0.3) is 0 Å². The average Bonchev–Trinajstić information content (AvgIpc) is 3.06. The summed E-state index contributed by atoms with van der Waals surface area (Å²) in [6.07, 6.45) is 3.35. The average molecular weight is 456 g/mol. The molecular formula is C29H33N3O2. The molecule has 1 saturated heterocycles. The summed E-state index contributed by atoms with van der Waals surface area (Å²) in [4.78, 5) is 20.4. The van der Waals surface area contributed by atoms with E-state index in [-0.39, 0.29) is 5.91 Å². The van der Waals surface area contributed by atoms with Gasteiger partial charge in [0, 0.05) is 32.6 Å². The fourth-order valence-electron chi connectivity index (χ4n) is 5.22. The van der Waals surface area contributed by atoms with E-state index in [1.165, 1.54) is 16.8 Å². The number of methoxy groups -OCH3 is 1. The van der Waals surface area contributed by atoms with Crippen molar-refractivity contribution >= 4 is 23.0 Å². The standard InChI is InChI=1S/C29H33N3O2/c1-34-28-14-7-6-13-27(28)31-21-19-30(20-22-31)18-8-15-29(33)32-25-11-4-2-9-23(25)16-17-24-10-3-5-12-26(24)32/h2-7,9-14H,8,15-22H2,1H3. The Labute approximate surface area is 202 Å². The first kappa shape index (κ1) is 22.5. The lowest BCUT2D eigenvalue weighted by atomic mass is 10.0. The lowest BCUT2D eigenvalue weighted by Crippen LogP contribution is -2.46. The fraction of sp³-hybridized carbons (Fsp3) is 0.345. The number of anilines is 3. The second-order valence-corrected chi connectivity index (χ2v) is 9.09. The number of para-hydroxylation sites is 4. The van der Waals surface area contributed by atoms with Gasteiger partial charge in [-0.05, 0) is 61.2 Å². The summed E-state index contributed by atoms with van der Waals surface area (Å²) < 4.78 is 5.54. The molecule has 0 radical (unpaired) electrons. The first-order valence-corrected chi connectivity index (χ1v) is 12.3. The molecule has 0 aliphatic carbocycles. The van der Waals surface area contributed by atoms with Crippen molar-refractivity contribution in [3.05, 3.63) is 83.9 Å². The van der Waals surface area contributed by atoms with Gasteiger partial charge in [0.1, 0.15) is 5.75 Å². The van der Waals surface area contributed by atoms with Gasteiger partial charge in [0.05, 0.1) is 24.2 Å². The van der Waals surface area contributed by atoms with E-state index in [2.05, 4.69) is 58.3 Å². The highest BCUT2D eigenvalue weighted by molar-refractivity contribution is 6.02. The smallest absolute Gasteiger partial charge is 0.231 e. The molecule has 3 aromatic carbocycles. The molecule has 0 N–H and O–H groups in total. The number of benzene rings is 3. The molecule has 2 heterocycles. The second-order valence-electron chi connectivity index (χ2n) is 9.09. The fourth-order valence-corrected chi connectivity index (χ4v) is 5.22. The summed E-state index contributed by atoms with van der Waals surface area (Å²) in [5, 5.41) is 0. The summed E-state index contributed by atoms with van der Waals surface area (Å²) in [5.41, 5.74) is 5.75. The van der Waals surface area contributed by atoms with Crippen LogP contribution in [0.1, 0.15) is 24.0 Å². The second kappa shape index (κ2) is 10.3. The van der Waals surface area contributed by atoms with Crippen LogP contribution in [0.5, 0.6) is 5.75 Å². The van der Waals surface area contributed by atoms with Crippen LogP contribution < -0.4 is 14.5 Å². The maximum atomic E-state index is 13.5. The molecule has 5 heteroatoms. The van der Waals surface area contributed by atoms with Gasteiger partial charge in [0.2, 0.25) is 5.91 Å². The summed E-state index contributed by atoms with van der Waals surface area (Å²) >= 11 is 0. The molecule has 34 heavy (non-hydrogen) atoms. The van der Waals surface area contributed by atoms with Crippen molar-refractivity contribution in [2.75, 3.05) is 49.6 Å². The van der Waals surface area contributed by atoms with E-state index in [9.17, 15) is 4.79 Å². The maximum Gasteiger partial charge on any atom is 0.231 e. The number of rotatable bonds is 6. The predicted octanol–water partition coefficient (Wildman–Crippen LogP) is 5.06. The van der Waals surface area contributed by atoms with Crippen LogP contribution in [0, 0.1) is 0 Å². The van der Waals surface area contributed by atoms with Crippen LogP contribution in [-0.4, -0.2) is 50.6 Å². The third-order valence-electron chi connectivity index (χ3n) is 7.04. The number of hydrogen-bond acceptors (Lipinski definition) is 4. The van der Waals surface area contributed by atoms with Crippen molar-refractivity contribution < 1.29 is 9.53 Å². The molecule has 0 bridgehead atoms. The highest BCUT2D eigenvalue weighted by atomic mass is 16.5. The number of hydrogen-bond donors (Lipinski definition) is 0. The maximum absolute atomic E-state index is 13.5. The quantitative estimate of drug-likeness (QED) is 0.521. The van der Waals surface area contributed by atoms with Gasteiger partial charge in [-0.1, -0.05) is 48.5 Å². The molecule has 0 unspecified atom stereocenters. The number of piperazine rings is 1. The zero-order chi connectivity index (χ0) is 23.3. The number of nitrogens with zero attached hydrogens (tertiary/aromatic N) is 3. The van der Waals surface area contributed by atoms with Gasteiger partial charge in [-0.15, -0.1) is 0 Å². The van der Waals surface area contributed by atoms with Gasteiger partial charge in [-0.2, -0.15) is 0 Å². The predicted molar refractivity (Wildman–Crippen MR) is 138 cm³/mol. The monoisotopic (exact) mass is 455 g/mol. The molecule has 0 aromatic heterocycles. The minimum atomic E-state index is 0.189. The van der Waals surface area contributed by atoms with E-state index in [0.717, 1.165) is 69.1 Å². The Balaban J connectivity index is 1.20. The van der Waals surface area contributed by atoms with E-state index < -0.39 is 0 Å². The van der Waals surface area contributed by atoms with Crippen molar-refractivity contribution in [3.63, 3.8) is 0 Å². The Kier molecular flexibility index (Phi) is 6.82.